The van der Waals surface area contributed by atoms with Gasteiger partial charge in [0.1, 0.15) is 0 Å². The summed E-state index contributed by atoms with van der Waals surface area (Å²) in [7, 11) is 0. The van der Waals surface area contributed by atoms with Gasteiger partial charge in [0.25, 0.3) is 0 Å². The van der Waals surface area contributed by atoms with E-state index < -0.39 is 12.1 Å². The fourth-order valence-corrected chi connectivity index (χ4v) is 2.23. The molecule has 1 atom stereocenters. The highest BCUT2D eigenvalue weighted by Gasteiger charge is 2.42. The molecule has 1 fully saturated rings. The van der Waals surface area contributed by atoms with Crippen molar-refractivity contribution in [3.63, 3.8) is 0 Å². The largest absolute Gasteiger partial charge is 0.391 e. The lowest BCUT2D eigenvalue weighted by Gasteiger charge is -2.29. The molecular weight excluding hydrogens is 299 g/mol. The summed E-state index contributed by atoms with van der Waals surface area (Å²) < 4.78 is 37.2. The minimum atomic E-state index is -4.11. The minimum Gasteiger partial charge on any atom is -0.355 e. The van der Waals surface area contributed by atoms with Crippen LogP contribution < -0.4 is 5.32 Å². The number of alkyl halides is 4. The summed E-state index contributed by atoms with van der Waals surface area (Å²) in [6.07, 6.45) is -3.28. The Labute approximate surface area is 107 Å². The van der Waals surface area contributed by atoms with Gasteiger partial charge in [-0.25, -0.2) is 0 Å². The number of carbonyl (C=O) groups is 1. The van der Waals surface area contributed by atoms with E-state index in [1.165, 1.54) is 0 Å². The van der Waals surface area contributed by atoms with Crippen molar-refractivity contribution in [2.45, 2.75) is 43.6 Å². The van der Waals surface area contributed by atoms with Crippen LogP contribution >= 0.6 is 15.9 Å². The molecule has 1 amide bonds. The van der Waals surface area contributed by atoms with Gasteiger partial charge >= 0.3 is 6.18 Å². The van der Waals surface area contributed by atoms with Crippen molar-refractivity contribution in [3.8, 4) is 0 Å². The van der Waals surface area contributed by atoms with Crippen LogP contribution in [0.4, 0.5) is 13.2 Å². The predicted molar refractivity (Wildman–Crippen MR) is 62.9 cm³/mol. The van der Waals surface area contributed by atoms with Gasteiger partial charge < -0.3 is 5.32 Å². The van der Waals surface area contributed by atoms with Crippen LogP contribution in [0.2, 0.25) is 0 Å². The molecule has 1 N–H and O–H groups in total. The number of hydrogen-bond donors (Lipinski definition) is 1. The fraction of sp³-hybridized carbons (Fsp3) is 0.909. The molecule has 6 heteroatoms. The molecule has 0 radical (unpaired) electrons. The van der Waals surface area contributed by atoms with Gasteiger partial charge in [0.15, 0.2) is 0 Å². The SMILES string of the molecule is CC(Br)CNC(=O)C1CCC(C(F)(F)F)CC1. The van der Waals surface area contributed by atoms with E-state index in [-0.39, 0.29) is 29.5 Å². The van der Waals surface area contributed by atoms with Crippen molar-refractivity contribution in [2.24, 2.45) is 11.8 Å². The second kappa shape index (κ2) is 6.07. The highest BCUT2D eigenvalue weighted by Crippen LogP contribution is 2.39. The highest BCUT2D eigenvalue weighted by molar-refractivity contribution is 9.09. The van der Waals surface area contributed by atoms with Crippen molar-refractivity contribution in [1.29, 1.82) is 0 Å². The Bertz CT molecular complexity index is 260. The molecule has 1 aliphatic rings. The van der Waals surface area contributed by atoms with E-state index in [1.807, 2.05) is 6.92 Å². The maximum atomic E-state index is 12.4. The smallest absolute Gasteiger partial charge is 0.355 e. The molecule has 100 valence electrons. The number of nitrogens with one attached hydrogen (secondary N) is 1. The molecule has 0 heterocycles. The average molecular weight is 316 g/mol. The summed E-state index contributed by atoms with van der Waals surface area (Å²) in [6, 6.07) is 0. The maximum absolute atomic E-state index is 12.4. The number of amides is 1. The Morgan fingerprint density at radius 2 is 1.88 bits per heavy atom. The van der Waals surface area contributed by atoms with E-state index in [1.54, 1.807) is 0 Å². The zero-order valence-corrected chi connectivity index (χ0v) is 11.3. The molecule has 1 saturated carbocycles. The molecule has 0 aromatic carbocycles. The van der Waals surface area contributed by atoms with Gasteiger partial charge in [0.2, 0.25) is 5.91 Å². The van der Waals surface area contributed by atoms with Gasteiger partial charge in [0.05, 0.1) is 5.92 Å². The highest BCUT2D eigenvalue weighted by atomic mass is 79.9. The first kappa shape index (κ1) is 14.8. The predicted octanol–water partition coefficient (Wildman–Crippen LogP) is 3.25. The normalized spacial score (nSPS) is 27.6. The molecule has 1 unspecified atom stereocenters. The van der Waals surface area contributed by atoms with Crippen molar-refractivity contribution >= 4 is 21.8 Å². The zero-order chi connectivity index (χ0) is 13.1. The van der Waals surface area contributed by atoms with Gasteiger partial charge in [-0.3, -0.25) is 4.79 Å². The molecule has 1 aliphatic carbocycles. The van der Waals surface area contributed by atoms with Crippen LogP contribution in [0.15, 0.2) is 0 Å². The van der Waals surface area contributed by atoms with E-state index in [2.05, 4.69) is 21.2 Å². The summed E-state index contributed by atoms with van der Waals surface area (Å²) in [4.78, 5) is 11.8. The van der Waals surface area contributed by atoms with Crippen molar-refractivity contribution in [2.75, 3.05) is 6.54 Å². The first-order valence-electron chi connectivity index (χ1n) is 5.79. The first-order chi connectivity index (χ1) is 7.80. The van der Waals surface area contributed by atoms with E-state index in [9.17, 15) is 18.0 Å². The summed E-state index contributed by atoms with van der Waals surface area (Å²) >= 11 is 3.30. The van der Waals surface area contributed by atoms with Crippen LogP contribution in [0.1, 0.15) is 32.6 Å². The minimum absolute atomic E-state index is 0.0749. The van der Waals surface area contributed by atoms with Crippen molar-refractivity contribution in [1.82, 2.24) is 5.32 Å². The lowest BCUT2D eigenvalue weighted by atomic mass is 9.81. The van der Waals surface area contributed by atoms with Gasteiger partial charge in [0, 0.05) is 17.3 Å². The maximum Gasteiger partial charge on any atom is 0.391 e. The van der Waals surface area contributed by atoms with Gasteiger partial charge in [-0.05, 0) is 25.7 Å². The molecule has 0 aliphatic heterocycles. The molecule has 0 saturated heterocycles. The van der Waals surface area contributed by atoms with Gasteiger partial charge in [-0.2, -0.15) is 13.2 Å². The van der Waals surface area contributed by atoms with Crippen LogP contribution in [-0.4, -0.2) is 23.5 Å². The summed E-state index contributed by atoms with van der Waals surface area (Å²) in [5.41, 5.74) is 0. The molecule has 17 heavy (non-hydrogen) atoms. The lowest BCUT2D eigenvalue weighted by molar-refractivity contribution is -0.184. The zero-order valence-electron chi connectivity index (χ0n) is 9.69. The second-order valence-corrected chi connectivity index (χ2v) is 6.18. The third-order valence-electron chi connectivity index (χ3n) is 3.12. The van der Waals surface area contributed by atoms with E-state index in [0.717, 1.165) is 0 Å². The molecule has 2 nitrogen and oxygen atoms in total. The topological polar surface area (TPSA) is 29.1 Å². The van der Waals surface area contributed by atoms with Crippen LogP contribution in [-0.2, 0) is 4.79 Å². The first-order valence-corrected chi connectivity index (χ1v) is 6.70. The standard InChI is InChI=1S/C11H17BrF3NO/c1-7(12)6-16-10(17)8-2-4-9(5-3-8)11(13,14)15/h7-9H,2-6H2,1H3,(H,16,17). The molecular formula is C11H17BrF3NO. The lowest BCUT2D eigenvalue weighted by Crippen LogP contribution is -2.37. The van der Waals surface area contributed by atoms with E-state index in [0.29, 0.717) is 19.4 Å². The average Bonchev–Trinajstić information content (AvgIpc) is 2.25. The third kappa shape index (κ3) is 4.85. The van der Waals surface area contributed by atoms with Crippen LogP contribution in [0, 0.1) is 11.8 Å². The Kier molecular flexibility index (Phi) is 5.28. The number of hydrogen-bond acceptors (Lipinski definition) is 1. The molecule has 0 aromatic heterocycles. The van der Waals surface area contributed by atoms with Crippen molar-refractivity contribution in [3.05, 3.63) is 0 Å². The van der Waals surface area contributed by atoms with Crippen LogP contribution in [0.3, 0.4) is 0 Å². The van der Waals surface area contributed by atoms with Crippen LogP contribution in [0.25, 0.3) is 0 Å². The Morgan fingerprint density at radius 3 is 2.29 bits per heavy atom. The van der Waals surface area contributed by atoms with Gasteiger partial charge in [-0.15, -0.1) is 0 Å². The number of carbonyl (C=O) groups excluding carboxylic acids is 1. The van der Waals surface area contributed by atoms with E-state index in [4.69, 9.17) is 0 Å². The summed E-state index contributed by atoms with van der Waals surface area (Å²) in [6.45, 7) is 2.42. The van der Waals surface area contributed by atoms with Gasteiger partial charge in [-0.1, -0.05) is 22.9 Å². The molecule has 1 rings (SSSR count). The summed E-state index contributed by atoms with van der Waals surface area (Å²) in [5, 5.41) is 2.74. The van der Waals surface area contributed by atoms with Crippen molar-refractivity contribution < 1.29 is 18.0 Å². The molecule has 0 spiro atoms. The number of halogens is 4. The third-order valence-corrected chi connectivity index (χ3v) is 3.44. The molecule has 0 bridgehead atoms. The Morgan fingerprint density at radius 1 is 1.35 bits per heavy atom. The Hall–Kier alpha value is -0.260. The second-order valence-electron chi connectivity index (χ2n) is 4.62. The van der Waals surface area contributed by atoms with E-state index >= 15 is 0 Å². The van der Waals surface area contributed by atoms with Crippen LogP contribution in [0.5, 0.6) is 0 Å². The quantitative estimate of drug-likeness (QED) is 0.796. The summed E-state index contributed by atoms with van der Waals surface area (Å²) in [5.74, 6) is -1.58. The molecule has 0 aromatic rings. The Balaban J connectivity index is 2.34. The fourth-order valence-electron chi connectivity index (χ4n) is 2.07. The number of rotatable bonds is 3. The monoisotopic (exact) mass is 315 g/mol.